The van der Waals surface area contributed by atoms with E-state index in [1.807, 2.05) is 0 Å². The van der Waals surface area contributed by atoms with Crippen LogP contribution in [0.15, 0.2) is 6.07 Å². The van der Waals surface area contributed by atoms with Gasteiger partial charge in [-0.2, -0.15) is 0 Å². The molecule has 0 spiro atoms. The highest BCUT2D eigenvalue weighted by atomic mass is 35.5. The third-order valence-corrected chi connectivity index (χ3v) is 1.99. The summed E-state index contributed by atoms with van der Waals surface area (Å²) in [5.74, 6) is -2.37. The van der Waals surface area contributed by atoms with Crippen molar-refractivity contribution in [3.8, 4) is 5.75 Å². The van der Waals surface area contributed by atoms with Crippen LogP contribution in [-0.2, 0) is 6.42 Å². The van der Waals surface area contributed by atoms with E-state index in [2.05, 4.69) is 0 Å². The molecule has 5 heteroatoms. The molecule has 0 aliphatic carbocycles. The minimum atomic E-state index is -0.940. The van der Waals surface area contributed by atoms with Gasteiger partial charge in [0.1, 0.15) is 16.6 Å². The lowest BCUT2D eigenvalue weighted by Gasteiger charge is -2.06. The molecular weight excluding hydrogens is 200 g/mol. The predicted octanol–water partition coefficient (Wildman–Crippen LogP) is 1.82. The predicted molar refractivity (Wildman–Crippen MR) is 45.8 cm³/mol. The van der Waals surface area contributed by atoms with Crippen molar-refractivity contribution in [3.05, 3.63) is 28.3 Å². The molecule has 0 bridgehead atoms. The van der Waals surface area contributed by atoms with Gasteiger partial charge >= 0.3 is 0 Å². The molecule has 0 aromatic heterocycles. The first-order valence-electron chi connectivity index (χ1n) is 3.63. The summed E-state index contributed by atoms with van der Waals surface area (Å²) in [6.07, 6.45) is 0.0532. The van der Waals surface area contributed by atoms with Gasteiger partial charge in [0.2, 0.25) is 0 Å². The highest BCUT2D eigenvalue weighted by molar-refractivity contribution is 6.32. The van der Waals surface area contributed by atoms with Crippen LogP contribution in [0.5, 0.6) is 5.75 Å². The van der Waals surface area contributed by atoms with Crippen molar-refractivity contribution in [2.75, 3.05) is 6.54 Å². The van der Waals surface area contributed by atoms with Crippen LogP contribution in [-0.4, -0.2) is 11.7 Å². The lowest BCUT2D eigenvalue weighted by Crippen LogP contribution is -2.07. The van der Waals surface area contributed by atoms with E-state index >= 15 is 0 Å². The Bertz CT molecular complexity index is 330. The largest absolute Gasteiger partial charge is 0.506 e. The average molecular weight is 208 g/mol. The number of hydrogen-bond donors (Lipinski definition) is 2. The lowest BCUT2D eigenvalue weighted by molar-refractivity contribution is 0.457. The molecule has 0 radical (unpaired) electrons. The maximum absolute atomic E-state index is 13.1. The van der Waals surface area contributed by atoms with E-state index in [1.165, 1.54) is 0 Å². The number of phenols is 1. The van der Waals surface area contributed by atoms with Gasteiger partial charge in [0.25, 0.3) is 0 Å². The summed E-state index contributed by atoms with van der Waals surface area (Å²) in [5, 5.41) is 8.46. The molecule has 0 saturated carbocycles. The number of halogens is 3. The Labute approximate surface area is 78.9 Å². The third-order valence-electron chi connectivity index (χ3n) is 1.63. The van der Waals surface area contributed by atoms with Gasteiger partial charge in [0, 0.05) is 11.6 Å². The van der Waals surface area contributed by atoms with Gasteiger partial charge < -0.3 is 10.8 Å². The maximum atomic E-state index is 13.1. The van der Waals surface area contributed by atoms with Gasteiger partial charge in [-0.1, -0.05) is 11.6 Å². The van der Waals surface area contributed by atoms with Gasteiger partial charge in [-0.25, -0.2) is 8.78 Å². The van der Waals surface area contributed by atoms with Crippen LogP contribution in [0.2, 0.25) is 5.02 Å². The second kappa shape index (κ2) is 3.89. The van der Waals surface area contributed by atoms with Crippen molar-refractivity contribution < 1.29 is 13.9 Å². The van der Waals surface area contributed by atoms with Crippen LogP contribution < -0.4 is 5.73 Å². The first-order valence-corrected chi connectivity index (χ1v) is 4.01. The third kappa shape index (κ3) is 1.89. The van der Waals surface area contributed by atoms with E-state index in [0.29, 0.717) is 0 Å². The summed E-state index contributed by atoms with van der Waals surface area (Å²) < 4.78 is 26.1. The van der Waals surface area contributed by atoms with Gasteiger partial charge in [-0.05, 0) is 13.0 Å². The van der Waals surface area contributed by atoms with Gasteiger partial charge in [-0.15, -0.1) is 0 Å². The first kappa shape index (κ1) is 10.2. The zero-order valence-electron chi connectivity index (χ0n) is 6.65. The Morgan fingerprint density at radius 3 is 2.62 bits per heavy atom. The fourth-order valence-corrected chi connectivity index (χ4v) is 1.16. The highest BCUT2D eigenvalue weighted by Gasteiger charge is 2.15. The minimum absolute atomic E-state index is 0.0532. The Kier molecular flexibility index (Phi) is 3.06. The quantitative estimate of drug-likeness (QED) is 0.727. The Hall–Kier alpha value is -0.870. The summed E-state index contributed by atoms with van der Waals surface area (Å²) in [4.78, 5) is 0. The Morgan fingerprint density at radius 2 is 2.08 bits per heavy atom. The average Bonchev–Trinajstić information content (AvgIpc) is 2.09. The van der Waals surface area contributed by atoms with Crippen molar-refractivity contribution in [3.63, 3.8) is 0 Å². The molecule has 0 amide bonds. The van der Waals surface area contributed by atoms with E-state index in [-0.39, 0.29) is 18.5 Å². The van der Waals surface area contributed by atoms with Crippen LogP contribution in [0.1, 0.15) is 5.56 Å². The molecule has 0 heterocycles. The van der Waals surface area contributed by atoms with Crippen LogP contribution in [0, 0.1) is 11.6 Å². The number of aromatic hydroxyl groups is 1. The SMILES string of the molecule is NCCc1c(F)cc(O)c(Cl)c1F. The molecule has 0 aliphatic heterocycles. The molecule has 3 N–H and O–H groups in total. The Balaban J connectivity index is 3.26. The number of hydrogen-bond acceptors (Lipinski definition) is 2. The van der Waals surface area contributed by atoms with E-state index in [9.17, 15) is 8.78 Å². The van der Waals surface area contributed by atoms with E-state index in [1.54, 1.807) is 0 Å². The smallest absolute Gasteiger partial charge is 0.151 e. The molecule has 0 aliphatic rings. The summed E-state index contributed by atoms with van der Waals surface area (Å²) in [6.45, 7) is 0.120. The standard InChI is InChI=1S/C8H8ClF2NO/c9-7-6(13)3-5(10)4(1-2-12)8(7)11/h3,13H,1-2,12H2. The van der Waals surface area contributed by atoms with Gasteiger partial charge in [0.05, 0.1) is 0 Å². The van der Waals surface area contributed by atoms with Gasteiger partial charge in [0.15, 0.2) is 5.82 Å². The second-order valence-corrected chi connectivity index (χ2v) is 2.90. The summed E-state index contributed by atoms with van der Waals surface area (Å²) in [7, 11) is 0. The van der Waals surface area contributed by atoms with Crippen molar-refractivity contribution in [2.24, 2.45) is 5.73 Å². The fourth-order valence-electron chi connectivity index (χ4n) is 0.994. The first-order chi connectivity index (χ1) is 6.07. The van der Waals surface area contributed by atoms with E-state index in [0.717, 1.165) is 6.07 Å². The number of rotatable bonds is 2. The van der Waals surface area contributed by atoms with Crippen LogP contribution in [0.3, 0.4) is 0 Å². The molecule has 13 heavy (non-hydrogen) atoms. The summed E-state index contributed by atoms with van der Waals surface area (Å²) in [6, 6.07) is 0.774. The highest BCUT2D eigenvalue weighted by Crippen LogP contribution is 2.30. The van der Waals surface area contributed by atoms with Crippen LogP contribution in [0.25, 0.3) is 0 Å². The van der Waals surface area contributed by atoms with E-state index < -0.39 is 22.4 Å². The second-order valence-electron chi connectivity index (χ2n) is 2.52. The van der Waals surface area contributed by atoms with Crippen molar-refractivity contribution in [1.82, 2.24) is 0 Å². The zero-order chi connectivity index (χ0) is 10.0. The van der Waals surface area contributed by atoms with E-state index in [4.69, 9.17) is 22.4 Å². The molecule has 0 unspecified atom stereocenters. The minimum Gasteiger partial charge on any atom is -0.506 e. The normalized spacial score (nSPS) is 10.5. The number of phenolic OH excluding ortho intramolecular Hbond substituents is 1. The molecule has 0 fully saturated rings. The molecule has 0 atom stereocenters. The molecule has 72 valence electrons. The van der Waals surface area contributed by atoms with Crippen molar-refractivity contribution >= 4 is 11.6 Å². The summed E-state index contributed by atoms with van der Waals surface area (Å²) in [5.41, 5.74) is 4.96. The molecule has 1 aromatic carbocycles. The van der Waals surface area contributed by atoms with Gasteiger partial charge in [-0.3, -0.25) is 0 Å². The topological polar surface area (TPSA) is 46.2 Å². The molecular formula is C8H8ClF2NO. The Morgan fingerprint density at radius 1 is 1.46 bits per heavy atom. The molecule has 0 saturated heterocycles. The zero-order valence-corrected chi connectivity index (χ0v) is 7.41. The maximum Gasteiger partial charge on any atom is 0.151 e. The van der Waals surface area contributed by atoms with Crippen LogP contribution >= 0.6 is 11.6 Å². The van der Waals surface area contributed by atoms with Crippen LogP contribution in [0.4, 0.5) is 8.78 Å². The number of nitrogens with two attached hydrogens (primary N) is 1. The fraction of sp³-hybridized carbons (Fsp3) is 0.250. The molecule has 1 aromatic rings. The molecule has 2 nitrogen and oxygen atoms in total. The number of benzene rings is 1. The molecule has 1 rings (SSSR count). The van der Waals surface area contributed by atoms with Crippen molar-refractivity contribution in [1.29, 1.82) is 0 Å². The van der Waals surface area contributed by atoms with Crippen molar-refractivity contribution in [2.45, 2.75) is 6.42 Å². The monoisotopic (exact) mass is 207 g/mol. The summed E-state index contributed by atoms with van der Waals surface area (Å²) >= 11 is 5.36. The lowest BCUT2D eigenvalue weighted by atomic mass is 10.1.